The molecule has 36 heavy (non-hydrogen) atoms. The Balaban J connectivity index is 1.59. The van der Waals surface area contributed by atoms with Crippen LogP contribution in [0.2, 0.25) is 0 Å². The number of ether oxygens (including phenoxy) is 1. The molecular formula is C29H28N2O4S. The van der Waals surface area contributed by atoms with Gasteiger partial charge in [0, 0.05) is 35.6 Å². The van der Waals surface area contributed by atoms with Gasteiger partial charge in [0.15, 0.2) is 0 Å². The zero-order valence-electron chi connectivity index (χ0n) is 20.7. The number of ketones is 1. The Bertz CT molecular complexity index is 1510. The largest absolute Gasteiger partial charge is 0.507 e. The second-order valence-electron chi connectivity index (χ2n) is 9.20. The second kappa shape index (κ2) is 9.32. The van der Waals surface area contributed by atoms with Gasteiger partial charge in [-0.1, -0.05) is 30.3 Å². The van der Waals surface area contributed by atoms with Gasteiger partial charge in [0.05, 0.1) is 24.3 Å². The minimum absolute atomic E-state index is 0.101. The van der Waals surface area contributed by atoms with Crippen LogP contribution < -0.4 is 4.74 Å². The smallest absolute Gasteiger partial charge is 0.295 e. The number of aliphatic hydroxyl groups excluding tert-OH is 1. The molecule has 3 heterocycles. The quantitative estimate of drug-likeness (QED) is 0.215. The summed E-state index contributed by atoms with van der Waals surface area (Å²) in [6, 6.07) is 15.0. The van der Waals surface area contributed by atoms with Crippen molar-refractivity contribution in [1.29, 1.82) is 0 Å². The fourth-order valence-electron chi connectivity index (χ4n) is 5.27. The van der Waals surface area contributed by atoms with E-state index < -0.39 is 17.7 Å². The van der Waals surface area contributed by atoms with Crippen LogP contribution in [0.15, 0.2) is 65.7 Å². The molecule has 0 spiro atoms. The molecule has 7 heteroatoms. The van der Waals surface area contributed by atoms with E-state index in [-0.39, 0.29) is 11.3 Å². The fraction of sp³-hybridized carbons (Fsp3) is 0.241. The van der Waals surface area contributed by atoms with Crippen LogP contribution in [0.5, 0.6) is 5.75 Å². The van der Waals surface area contributed by atoms with Crippen molar-refractivity contribution in [3.05, 3.63) is 92.8 Å². The van der Waals surface area contributed by atoms with Gasteiger partial charge in [0.1, 0.15) is 11.5 Å². The van der Waals surface area contributed by atoms with Crippen LogP contribution >= 0.6 is 11.3 Å². The molecule has 2 aromatic carbocycles. The van der Waals surface area contributed by atoms with E-state index in [1.165, 1.54) is 18.4 Å². The van der Waals surface area contributed by atoms with E-state index in [9.17, 15) is 14.7 Å². The van der Waals surface area contributed by atoms with E-state index in [1.54, 1.807) is 11.0 Å². The summed E-state index contributed by atoms with van der Waals surface area (Å²) in [5.41, 5.74) is 4.51. The molecule has 1 aliphatic heterocycles. The van der Waals surface area contributed by atoms with Crippen molar-refractivity contribution in [2.45, 2.75) is 26.3 Å². The van der Waals surface area contributed by atoms with Crippen LogP contribution in [0.1, 0.15) is 33.2 Å². The van der Waals surface area contributed by atoms with Gasteiger partial charge in [-0.3, -0.25) is 9.59 Å². The summed E-state index contributed by atoms with van der Waals surface area (Å²) >= 11 is 1.46. The maximum atomic E-state index is 13.4. The first-order chi connectivity index (χ1) is 17.3. The van der Waals surface area contributed by atoms with Crippen molar-refractivity contribution in [3.63, 3.8) is 0 Å². The highest BCUT2D eigenvalue weighted by molar-refractivity contribution is 7.10. The summed E-state index contributed by atoms with van der Waals surface area (Å²) < 4.78 is 7.64. The number of methoxy groups -OCH3 is 1. The summed E-state index contributed by atoms with van der Waals surface area (Å²) in [5, 5.41) is 14.5. The maximum Gasteiger partial charge on any atom is 0.295 e. The number of aryl methyl sites for hydroxylation is 3. The summed E-state index contributed by atoms with van der Waals surface area (Å²) in [6.45, 7) is 4.16. The number of benzene rings is 2. The van der Waals surface area contributed by atoms with Gasteiger partial charge in [-0.15, -0.1) is 11.3 Å². The Morgan fingerprint density at radius 3 is 2.61 bits per heavy atom. The molecule has 1 unspecified atom stereocenters. The molecule has 6 nitrogen and oxygen atoms in total. The normalized spacial score (nSPS) is 17.3. The molecule has 0 saturated carbocycles. The number of fused-ring (bicyclic) bond motifs is 1. The molecule has 184 valence electrons. The number of hydrogen-bond donors (Lipinski definition) is 1. The van der Waals surface area contributed by atoms with Crippen molar-refractivity contribution >= 4 is 39.7 Å². The van der Waals surface area contributed by atoms with E-state index in [0.717, 1.165) is 32.5 Å². The Labute approximate surface area is 214 Å². The van der Waals surface area contributed by atoms with Crippen LogP contribution in [-0.2, 0) is 23.1 Å². The Kier molecular flexibility index (Phi) is 6.18. The van der Waals surface area contributed by atoms with Gasteiger partial charge in [0.2, 0.25) is 0 Å². The molecule has 4 aromatic rings. The first-order valence-corrected chi connectivity index (χ1v) is 12.7. The monoisotopic (exact) mass is 500 g/mol. The van der Waals surface area contributed by atoms with Gasteiger partial charge in [-0.25, -0.2) is 0 Å². The first kappa shape index (κ1) is 23.9. The lowest BCUT2D eigenvalue weighted by molar-refractivity contribution is -0.139. The number of amides is 1. The number of carbonyl (C=O) groups is 2. The maximum absolute atomic E-state index is 13.4. The topological polar surface area (TPSA) is 71.8 Å². The molecule has 1 amide bonds. The number of rotatable bonds is 6. The van der Waals surface area contributed by atoms with Gasteiger partial charge in [0.25, 0.3) is 11.7 Å². The number of hydrogen-bond acceptors (Lipinski definition) is 5. The van der Waals surface area contributed by atoms with Gasteiger partial charge in [-0.05, 0) is 60.5 Å². The molecule has 2 aromatic heterocycles. The highest BCUT2D eigenvalue weighted by atomic mass is 32.1. The molecular weight excluding hydrogens is 472 g/mol. The Morgan fingerprint density at radius 2 is 1.89 bits per heavy atom. The molecule has 1 atom stereocenters. The number of para-hydroxylation sites is 1. The van der Waals surface area contributed by atoms with Crippen LogP contribution in [0.25, 0.3) is 16.7 Å². The minimum Gasteiger partial charge on any atom is -0.507 e. The highest BCUT2D eigenvalue weighted by Crippen LogP contribution is 2.43. The zero-order valence-corrected chi connectivity index (χ0v) is 21.6. The zero-order chi connectivity index (χ0) is 25.6. The van der Waals surface area contributed by atoms with Crippen molar-refractivity contribution in [3.8, 4) is 5.75 Å². The number of likely N-dealkylation sites (tertiary alicyclic amines) is 1. The second-order valence-corrected chi connectivity index (χ2v) is 10.2. The first-order valence-electron chi connectivity index (χ1n) is 11.8. The molecule has 1 saturated heterocycles. The third-order valence-corrected chi connectivity index (χ3v) is 7.76. The van der Waals surface area contributed by atoms with Crippen LogP contribution in [-0.4, -0.2) is 39.9 Å². The van der Waals surface area contributed by atoms with E-state index in [4.69, 9.17) is 4.74 Å². The van der Waals surface area contributed by atoms with E-state index in [0.29, 0.717) is 24.3 Å². The van der Waals surface area contributed by atoms with Crippen molar-refractivity contribution in [2.24, 2.45) is 7.05 Å². The number of aliphatic hydroxyl groups is 1. The Morgan fingerprint density at radius 1 is 1.11 bits per heavy atom. The lowest BCUT2D eigenvalue weighted by Crippen LogP contribution is -2.31. The van der Waals surface area contributed by atoms with E-state index in [2.05, 4.69) is 22.9 Å². The van der Waals surface area contributed by atoms with Gasteiger partial charge in [-0.2, -0.15) is 0 Å². The number of nitrogens with zero attached hydrogens (tertiary/aromatic N) is 2. The van der Waals surface area contributed by atoms with Crippen LogP contribution in [0.3, 0.4) is 0 Å². The molecule has 0 radical (unpaired) electrons. The minimum atomic E-state index is -0.676. The fourth-order valence-corrected chi connectivity index (χ4v) is 6.11. The molecule has 1 aliphatic rings. The molecule has 0 aliphatic carbocycles. The van der Waals surface area contributed by atoms with Gasteiger partial charge >= 0.3 is 0 Å². The number of Topliss-reactive ketones (excluding diaryl/α,β-unsaturated/α-hetero) is 1. The third kappa shape index (κ3) is 3.89. The summed E-state index contributed by atoms with van der Waals surface area (Å²) in [7, 11) is 3.54. The Hall–Kier alpha value is -3.84. The predicted molar refractivity (Wildman–Crippen MR) is 142 cm³/mol. The number of carbonyl (C=O) groups excluding carboxylic acids is 2. The summed E-state index contributed by atoms with van der Waals surface area (Å²) in [5.74, 6) is -0.989. The number of aromatic nitrogens is 1. The van der Waals surface area contributed by atoms with Crippen LogP contribution in [0, 0.1) is 13.8 Å². The summed E-state index contributed by atoms with van der Waals surface area (Å²) in [4.78, 5) is 29.1. The average Bonchev–Trinajstić information content (AvgIpc) is 3.56. The molecule has 1 N–H and O–H groups in total. The van der Waals surface area contributed by atoms with Gasteiger partial charge < -0.3 is 19.3 Å². The van der Waals surface area contributed by atoms with Crippen LogP contribution in [0.4, 0.5) is 0 Å². The van der Waals surface area contributed by atoms with Crippen molar-refractivity contribution in [2.75, 3.05) is 13.7 Å². The SMILES string of the molecule is COc1c(C)cc(C)cc1/C(O)=C1/C(=O)C(=O)N(CCc2cn(C)c3ccccc23)C1c1cccs1. The van der Waals surface area contributed by atoms with E-state index in [1.807, 2.05) is 56.6 Å². The number of thiophene rings is 1. The summed E-state index contributed by atoms with van der Waals surface area (Å²) in [6.07, 6.45) is 2.66. The lowest BCUT2D eigenvalue weighted by atomic mass is 9.96. The standard InChI is InChI=1S/C29H28N2O4S/c1-17-14-18(2)28(35-4)21(15-17)26(32)24-25(23-10-7-13-36-23)31(29(34)27(24)33)12-11-19-16-30(3)22-9-6-5-8-20(19)22/h5-10,13-16,25,32H,11-12H2,1-4H3/b26-24-. The highest BCUT2D eigenvalue weighted by Gasteiger charge is 2.46. The third-order valence-electron chi connectivity index (χ3n) is 6.83. The van der Waals surface area contributed by atoms with Crippen molar-refractivity contribution < 1.29 is 19.4 Å². The lowest BCUT2D eigenvalue weighted by Gasteiger charge is -2.24. The van der Waals surface area contributed by atoms with E-state index >= 15 is 0 Å². The van der Waals surface area contributed by atoms with Crippen molar-refractivity contribution in [1.82, 2.24) is 9.47 Å². The molecule has 1 fully saturated rings. The molecule has 0 bridgehead atoms. The predicted octanol–water partition coefficient (Wildman–Crippen LogP) is 5.53. The molecule has 5 rings (SSSR count). The average molecular weight is 501 g/mol.